The fourth-order valence-electron chi connectivity index (χ4n) is 5.99. The molecule has 2 aliphatic rings. The number of esters is 1. The Balaban J connectivity index is 1.79. The first-order chi connectivity index (χ1) is 19.3. The number of carbonyl (C=O) groups excluding carboxylic acids is 1. The molecule has 1 N–H and O–H groups in total. The van der Waals surface area contributed by atoms with Crippen molar-refractivity contribution in [2.45, 2.75) is 87.1 Å². The van der Waals surface area contributed by atoms with Crippen LogP contribution < -0.4 is 0 Å². The van der Waals surface area contributed by atoms with Crippen LogP contribution in [0.25, 0.3) is 0 Å². The van der Waals surface area contributed by atoms with E-state index in [1.165, 1.54) is 40.3 Å². The molecular weight excluding hydrogens is 605 g/mol. The summed E-state index contributed by atoms with van der Waals surface area (Å²) in [4.78, 5) is 25.6. The number of halogens is 2. The third-order valence-electron chi connectivity index (χ3n) is 7.65. The summed E-state index contributed by atoms with van der Waals surface area (Å²) < 4.78 is 35.7. The van der Waals surface area contributed by atoms with Crippen LogP contribution in [-0.4, -0.2) is 52.4 Å². The van der Waals surface area contributed by atoms with Crippen LogP contribution in [0.15, 0.2) is 53.4 Å². The van der Waals surface area contributed by atoms with E-state index in [2.05, 4.69) is 0 Å². The standard InChI is InChI=1S/C30H37Cl2NO6S2/c1-30(2,3)39-25(34)16-17-40-28-24(18-19-6-4-5-7-19)33(41(37,38)23-14-12-22(32)13-15-23)27(26(28)29(35)36)20-8-10-21(31)11-9-20/h8-15,19,24,26-28H,4-7,16-18H2,1-3H3,(H,35,36)/t24-,26+,27+,28-/m1/s1. The summed E-state index contributed by atoms with van der Waals surface area (Å²) in [5.74, 6) is -1.90. The smallest absolute Gasteiger partial charge is 0.309 e. The number of ether oxygens (including phenoxy) is 1. The summed E-state index contributed by atoms with van der Waals surface area (Å²) in [5, 5.41) is 10.9. The number of thioether (sulfide) groups is 1. The molecule has 0 amide bonds. The van der Waals surface area contributed by atoms with Gasteiger partial charge in [0.05, 0.1) is 23.3 Å². The first-order valence-electron chi connectivity index (χ1n) is 13.9. The lowest BCUT2D eigenvalue weighted by Crippen LogP contribution is -2.41. The van der Waals surface area contributed by atoms with Crippen LogP contribution in [0.3, 0.4) is 0 Å². The molecule has 4 rings (SSSR count). The number of carboxylic acids is 1. The zero-order valence-corrected chi connectivity index (χ0v) is 26.6. The molecule has 7 nitrogen and oxygen atoms in total. The molecule has 0 radical (unpaired) electrons. The summed E-state index contributed by atoms with van der Waals surface area (Å²) in [7, 11) is -4.15. The van der Waals surface area contributed by atoms with Gasteiger partial charge in [0.15, 0.2) is 0 Å². The maximum Gasteiger partial charge on any atom is 0.309 e. The first-order valence-corrected chi connectivity index (χ1v) is 17.1. The number of hydrogen-bond acceptors (Lipinski definition) is 6. The monoisotopic (exact) mass is 641 g/mol. The Morgan fingerprint density at radius 3 is 2.10 bits per heavy atom. The Morgan fingerprint density at radius 1 is 1.00 bits per heavy atom. The first kappa shape index (κ1) is 32.1. The number of carboxylic acid groups (broad SMARTS) is 1. The van der Waals surface area contributed by atoms with Crippen molar-refractivity contribution >= 4 is 56.9 Å². The van der Waals surface area contributed by atoms with Gasteiger partial charge in [-0.15, -0.1) is 0 Å². The predicted molar refractivity (Wildman–Crippen MR) is 163 cm³/mol. The molecular formula is C30H37Cl2NO6S2. The van der Waals surface area contributed by atoms with Gasteiger partial charge in [0.1, 0.15) is 5.60 Å². The molecule has 1 aliphatic carbocycles. The van der Waals surface area contributed by atoms with Crippen molar-refractivity contribution in [2.75, 3.05) is 5.75 Å². The van der Waals surface area contributed by atoms with Gasteiger partial charge in [0, 0.05) is 27.1 Å². The highest BCUT2D eigenvalue weighted by atomic mass is 35.5. The predicted octanol–water partition coefficient (Wildman–Crippen LogP) is 7.22. The largest absolute Gasteiger partial charge is 0.481 e. The molecule has 0 bridgehead atoms. The van der Waals surface area contributed by atoms with Crippen molar-refractivity contribution in [3.05, 3.63) is 64.1 Å². The van der Waals surface area contributed by atoms with Crippen LogP contribution in [0.1, 0.15) is 70.9 Å². The summed E-state index contributed by atoms with van der Waals surface area (Å²) in [5.41, 5.74) is -0.0710. The summed E-state index contributed by atoms with van der Waals surface area (Å²) in [6, 6.07) is 11.1. The van der Waals surface area contributed by atoms with Gasteiger partial charge >= 0.3 is 11.9 Å². The third kappa shape index (κ3) is 7.79. The van der Waals surface area contributed by atoms with Gasteiger partial charge in [-0.05, 0) is 75.1 Å². The average molecular weight is 643 g/mol. The quantitative estimate of drug-likeness (QED) is 0.273. The third-order valence-corrected chi connectivity index (χ3v) is 11.5. The zero-order chi connectivity index (χ0) is 29.9. The van der Waals surface area contributed by atoms with Crippen molar-refractivity contribution in [1.29, 1.82) is 0 Å². The Bertz CT molecular complexity index is 1320. The van der Waals surface area contributed by atoms with E-state index in [9.17, 15) is 23.1 Å². The summed E-state index contributed by atoms with van der Waals surface area (Å²) >= 11 is 13.6. The highest BCUT2D eigenvalue weighted by Crippen LogP contribution is 2.52. The van der Waals surface area contributed by atoms with Gasteiger partial charge in [-0.25, -0.2) is 8.42 Å². The molecule has 2 aromatic carbocycles. The topological polar surface area (TPSA) is 101 Å². The molecule has 0 unspecified atom stereocenters. The molecule has 2 aromatic rings. The van der Waals surface area contributed by atoms with Crippen molar-refractivity contribution in [3.63, 3.8) is 0 Å². The van der Waals surface area contributed by atoms with E-state index in [0.717, 1.165) is 25.7 Å². The van der Waals surface area contributed by atoms with E-state index in [4.69, 9.17) is 27.9 Å². The van der Waals surface area contributed by atoms with E-state index in [1.54, 1.807) is 45.0 Å². The maximum absolute atomic E-state index is 14.4. The second-order valence-corrected chi connectivity index (χ2v) is 15.8. The Hall–Kier alpha value is -1.78. The van der Waals surface area contributed by atoms with Crippen molar-refractivity contribution in [3.8, 4) is 0 Å². The molecule has 0 aromatic heterocycles. The van der Waals surface area contributed by atoms with Gasteiger partial charge in [-0.3, -0.25) is 9.59 Å². The van der Waals surface area contributed by atoms with Crippen LogP contribution in [0.5, 0.6) is 0 Å². The van der Waals surface area contributed by atoms with Crippen LogP contribution in [0.4, 0.5) is 0 Å². The second kappa shape index (κ2) is 13.2. The molecule has 1 heterocycles. The van der Waals surface area contributed by atoms with Gasteiger partial charge in [0.25, 0.3) is 0 Å². The highest BCUT2D eigenvalue weighted by Gasteiger charge is 2.57. The number of sulfonamides is 1. The van der Waals surface area contributed by atoms with E-state index in [1.807, 2.05) is 0 Å². The van der Waals surface area contributed by atoms with Gasteiger partial charge in [0.2, 0.25) is 10.0 Å². The number of hydrogen-bond donors (Lipinski definition) is 1. The van der Waals surface area contributed by atoms with Gasteiger partial charge in [-0.2, -0.15) is 16.1 Å². The minimum absolute atomic E-state index is 0.0563. The maximum atomic E-state index is 14.4. The van der Waals surface area contributed by atoms with Crippen LogP contribution in [-0.2, 0) is 24.3 Å². The van der Waals surface area contributed by atoms with Crippen LogP contribution in [0.2, 0.25) is 10.0 Å². The molecule has 4 atom stereocenters. The molecule has 1 saturated heterocycles. The molecule has 0 spiro atoms. The average Bonchev–Trinajstić information content (AvgIpc) is 3.50. The van der Waals surface area contributed by atoms with E-state index in [0.29, 0.717) is 27.8 Å². The molecule has 41 heavy (non-hydrogen) atoms. The van der Waals surface area contributed by atoms with Gasteiger partial charge < -0.3 is 9.84 Å². The molecule has 1 saturated carbocycles. The fourth-order valence-corrected chi connectivity index (χ4v) is 9.66. The number of aliphatic carboxylic acids is 1. The molecule has 1 aliphatic heterocycles. The Morgan fingerprint density at radius 2 is 1.56 bits per heavy atom. The lowest BCUT2D eigenvalue weighted by Gasteiger charge is -2.32. The van der Waals surface area contributed by atoms with Crippen LogP contribution in [0, 0.1) is 11.8 Å². The van der Waals surface area contributed by atoms with Crippen molar-refractivity contribution in [2.24, 2.45) is 11.8 Å². The Labute approximate surface area is 257 Å². The Kier molecular flexibility index (Phi) is 10.4. The number of rotatable bonds is 10. The van der Waals surface area contributed by atoms with Crippen LogP contribution >= 0.6 is 35.0 Å². The normalized spacial score (nSPS) is 24.0. The minimum Gasteiger partial charge on any atom is -0.481 e. The SMILES string of the molecule is CC(C)(C)OC(=O)CCS[C@H]1[C@@H](C(=O)O)[C@H](c2ccc(Cl)cc2)N(S(=O)(=O)c2ccc(Cl)cc2)[C@@H]1CC1CCCC1. The van der Waals surface area contributed by atoms with E-state index in [-0.39, 0.29) is 23.2 Å². The minimum atomic E-state index is -4.15. The fraction of sp³-hybridized carbons (Fsp3) is 0.533. The number of nitrogens with zero attached hydrogens (tertiary/aromatic N) is 1. The number of carbonyl (C=O) groups is 2. The molecule has 2 fully saturated rings. The molecule has 224 valence electrons. The zero-order valence-electron chi connectivity index (χ0n) is 23.5. The summed E-state index contributed by atoms with van der Waals surface area (Å²) in [6.07, 6.45) is 4.73. The van der Waals surface area contributed by atoms with E-state index >= 15 is 0 Å². The highest BCUT2D eigenvalue weighted by molar-refractivity contribution is 8.00. The van der Waals surface area contributed by atoms with Crippen molar-refractivity contribution in [1.82, 2.24) is 4.31 Å². The van der Waals surface area contributed by atoms with Gasteiger partial charge in [-0.1, -0.05) is 61.0 Å². The number of benzene rings is 2. The second-order valence-electron chi connectivity index (χ2n) is 11.8. The molecule has 11 heteroatoms. The lowest BCUT2D eigenvalue weighted by atomic mass is 9.91. The summed E-state index contributed by atoms with van der Waals surface area (Å²) in [6.45, 7) is 5.38. The van der Waals surface area contributed by atoms with E-state index < -0.39 is 44.8 Å². The lowest BCUT2D eigenvalue weighted by molar-refractivity contribution is -0.154. The van der Waals surface area contributed by atoms with Crippen molar-refractivity contribution < 1.29 is 27.9 Å².